The standard InChI is InChI=1S/C13H11FN/c14-13-7-5-12(6-8-13)11-3-1-10(9-15)2-4-11/h1-5,7-8H,9,15H2. The summed E-state index contributed by atoms with van der Waals surface area (Å²) in [5.74, 6) is -0.266. The molecule has 1 nitrogen and oxygen atoms in total. The first-order valence-corrected chi connectivity index (χ1v) is 4.76. The quantitative estimate of drug-likeness (QED) is 0.792. The van der Waals surface area contributed by atoms with Crippen molar-refractivity contribution < 1.29 is 4.39 Å². The molecule has 2 rings (SSSR count). The molecule has 0 fully saturated rings. The van der Waals surface area contributed by atoms with E-state index in [9.17, 15) is 4.39 Å². The molecule has 1 radical (unpaired) electrons. The van der Waals surface area contributed by atoms with Gasteiger partial charge in [-0.1, -0.05) is 30.3 Å². The predicted octanol–water partition coefficient (Wildman–Crippen LogP) is 2.75. The highest BCUT2D eigenvalue weighted by atomic mass is 19.1. The molecule has 0 saturated carbocycles. The summed E-state index contributed by atoms with van der Waals surface area (Å²) in [6, 6.07) is 15.2. The number of hydrogen-bond donors (Lipinski definition) is 1. The van der Waals surface area contributed by atoms with Gasteiger partial charge in [-0.2, -0.15) is 0 Å². The van der Waals surface area contributed by atoms with Gasteiger partial charge in [0.2, 0.25) is 0 Å². The maximum absolute atomic E-state index is 12.7. The molecule has 2 heteroatoms. The SMILES string of the molecule is NCc1ccc(-c2[c]cc(F)cc2)cc1. The monoisotopic (exact) mass is 200 g/mol. The Morgan fingerprint density at radius 2 is 1.80 bits per heavy atom. The van der Waals surface area contributed by atoms with Crippen molar-refractivity contribution in [2.24, 2.45) is 5.73 Å². The average Bonchev–Trinajstić information content (AvgIpc) is 2.30. The van der Waals surface area contributed by atoms with Crippen molar-refractivity contribution in [1.29, 1.82) is 0 Å². The van der Waals surface area contributed by atoms with Gasteiger partial charge in [-0.25, -0.2) is 4.39 Å². The van der Waals surface area contributed by atoms with Gasteiger partial charge in [-0.15, -0.1) is 0 Å². The minimum Gasteiger partial charge on any atom is -0.326 e. The summed E-state index contributed by atoms with van der Waals surface area (Å²) in [5.41, 5.74) is 8.49. The highest BCUT2D eigenvalue weighted by Crippen LogP contribution is 2.19. The van der Waals surface area contributed by atoms with Gasteiger partial charge >= 0.3 is 0 Å². The second-order valence-corrected chi connectivity index (χ2v) is 3.32. The van der Waals surface area contributed by atoms with Crippen molar-refractivity contribution in [3.8, 4) is 11.1 Å². The van der Waals surface area contributed by atoms with Gasteiger partial charge in [0.05, 0.1) is 0 Å². The molecule has 0 spiro atoms. The van der Waals surface area contributed by atoms with Gasteiger partial charge in [-0.3, -0.25) is 0 Å². The molecular weight excluding hydrogens is 189 g/mol. The minimum absolute atomic E-state index is 0.266. The normalized spacial score (nSPS) is 10.3. The lowest BCUT2D eigenvalue weighted by Gasteiger charge is -2.02. The Bertz CT molecular complexity index is 431. The molecule has 0 saturated heterocycles. The molecule has 2 aromatic rings. The van der Waals surface area contributed by atoms with E-state index in [1.807, 2.05) is 24.3 Å². The fraction of sp³-hybridized carbons (Fsp3) is 0.0769. The van der Waals surface area contributed by atoms with Crippen LogP contribution < -0.4 is 5.73 Å². The second kappa shape index (κ2) is 4.24. The molecule has 0 aliphatic rings. The summed E-state index contributed by atoms with van der Waals surface area (Å²) in [7, 11) is 0. The Kier molecular flexibility index (Phi) is 2.79. The lowest BCUT2D eigenvalue weighted by atomic mass is 10.0. The van der Waals surface area contributed by atoms with Gasteiger partial charge in [-0.05, 0) is 34.9 Å². The average molecular weight is 200 g/mol. The number of benzene rings is 2. The summed E-state index contributed by atoms with van der Waals surface area (Å²) in [6.45, 7) is 0.535. The van der Waals surface area contributed by atoms with Crippen LogP contribution in [0.2, 0.25) is 0 Å². The Labute approximate surface area is 88.4 Å². The summed E-state index contributed by atoms with van der Waals surface area (Å²) < 4.78 is 12.7. The first-order chi connectivity index (χ1) is 7.29. The number of nitrogens with two attached hydrogens (primary N) is 1. The summed E-state index contributed by atoms with van der Waals surface area (Å²) >= 11 is 0. The first-order valence-electron chi connectivity index (χ1n) is 4.76. The second-order valence-electron chi connectivity index (χ2n) is 3.32. The van der Waals surface area contributed by atoms with Crippen LogP contribution >= 0.6 is 0 Å². The molecular formula is C13H11FN. The Morgan fingerprint density at radius 1 is 1.07 bits per heavy atom. The molecule has 0 unspecified atom stereocenters. The van der Waals surface area contributed by atoms with Crippen LogP contribution in [0, 0.1) is 11.9 Å². The molecule has 2 aromatic carbocycles. The highest BCUT2D eigenvalue weighted by Gasteiger charge is 1.98. The van der Waals surface area contributed by atoms with E-state index in [0.29, 0.717) is 6.54 Å². The van der Waals surface area contributed by atoms with E-state index in [-0.39, 0.29) is 5.82 Å². The van der Waals surface area contributed by atoms with Crippen LogP contribution in [0.15, 0.2) is 42.5 Å². The van der Waals surface area contributed by atoms with E-state index in [1.165, 1.54) is 12.1 Å². The minimum atomic E-state index is -0.266. The third-order valence-corrected chi connectivity index (χ3v) is 2.28. The highest BCUT2D eigenvalue weighted by molar-refractivity contribution is 5.62. The van der Waals surface area contributed by atoms with Crippen LogP contribution in [0.3, 0.4) is 0 Å². The van der Waals surface area contributed by atoms with Gasteiger partial charge in [0, 0.05) is 6.54 Å². The van der Waals surface area contributed by atoms with Crippen molar-refractivity contribution in [2.75, 3.05) is 0 Å². The number of hydrogen-bond acceptors (Lipinski definition) is 1. The third-order valence-electron chi connectivity index (χ3n) is 2.28. The summed E-state index contributed by atoms with van der Waals surface area (Å²) in [4.78, 5) is 0. The molecule has 0 aliphatic carbocycles. The van der Waals surface area contributed by atoms with Gasteiger partial charge in [0.1, 0.15) is 5.82 Å². The van der Waals surface area contributed by atoms with Crippen LogP contribution in [-0.4, -0.2) is 0 Å². The van der Waals surface area contributed by atoms with Crippen LogP contribution in [0.1, 0.15) is 5.56 Å². The van der Waals surface area contributed by atoms with E-state index in [0.717, 1.165) is 16.7 Å². The van der Waals surface area contributed by atoms with E-state index >= 15 is 0 Å². The molecule has 0 aromatic heterocycles. The summed E-state index contributed by atoms with van der Waals surface area (Å²) in [5, 5.41) is 0. The fourth-order valence-electron chi connectivity index (χ4n) is 1.41. The summed E-state index contributed by atoms with van der Waals surface area (Å²) in [6.07, 6.45) is 0. The van der Waals surface area contributed by atoms with Gasteiger partial charge in [0.25, 0.3) is 0 Å². The largest absolute Gasteiger partial charge is 0.326 e. The zero-order valence-electron chi connectivity index (χ0n) is 8.20. The molecule has 0 bridgehead atoms. The molecule has 0 amide bonds. The van der Waals surface area contributed by atoms with Crippen molar-refractivity contribution in [2.45, 2.75) is 6.54 Å². The predicted molar refractivity (Wildman–Crippen MR) is 58.6 cm³/mol. The molecule has 0 aliphatic heterocycles. The van der Waals surface area contributed by atoms with Crippen LogP contribution in [0.5, 0.6) is 0 Å². The molecule has 75 valence electrons. The van der Waals surface area contributed by atoms with Crippen molar-refractivity contribution in [3.63, 3.8) is 0 Å². The number of halogens is 1. The van der Waals surface area contributed by atoms with Crippen LogP contribution in [0.25, 0.3) is 11.1 Å². The van der Waals surface area contributed by atoms with Crippen LogP contribution in [0.4, 0.5) is 4.39 Å². The van der Waals surface area contributed by atoms with Gasteiger partial charge < -0.3 is 5.73 Å². The van der Waals surface area contributed by atoms with E-state index in [1.54, 1.807) is 6.07 Å². The Balaban J connectivity index is 2.33. The van der Waals surface area contributed by atoms with Crippen molar-refractivity contribution in [3.05, 3.63) is 59.9 Å². The smallest absolute Gasteiger partial charge is 0.123 e. The van der Waals surface area contributed by atoms with E-state index in [2.05, 4.69) is 6.07 Å². The fourth-order valence-corrected chi connectivity index (χ4v) is 1.41. The maximum atomic E-state index is 12.7. The lowest BCUT2D eigenvalue weighted by molar-refractivity contribution is 0.628. The molecule has 2 N–H and O–H groups in total. The Morgan fingerprint density at radius 3 is 2.33 bits per heavy atom. The first kappa shape index (κ1) is 9.87. The van der Waals surface area contributed by atoms with Gasteiger partial charge in [0.15, 0.2) is 0 Å². The molecule has 0 atom stereocenters. The third kappa shape index (κ3) is 2.22. The number of rotatable bonds is 2. The zero-order valence-corrected chi connectivity index (χ0v) is 8.20. The van der Waals surface area contributed by atoms with Crippen molar-refractivity contribution in [1.82, 2.24) is 0 Å². The van der Waals surface area contributed by atoms with Crippen LogP contribution in [-0.2, 0) is 6.54 Å². The molecule has 0 heterocycles. The zero-order chi connectivity index (χ0) is 10.7. The van der Waals surface area contributed by atoms with E-state index in [4.69, 9.17) is 5.73 Å². The topological polar surface area (TPSA) is 26.0 Å². The lowest BCUT2D eigenvalue weighted by Crippen LogP contribution is -1.95. The van der Waals surface area contributed by atoms with Crippen molar-refractivity contribution >= 4 is 0 Å². The maximum Gasteiger partial charge on any atom is 0.123 e. The Hall–Kier alpha value is -1.67. The van der Waals surface area contributed by atoms with E-state index < -0.39 is 0 Å². The molecule has 15 heavy (non-hydrogen) atoms.